The van der Waals surface area contributed by atoms with E-state index in [0.29, 0.717) is 13.1 Å². The topological polar surface area (TPSA) is 32.3 Å². The molecular weight excluding hydrogens is 183 g/mol. The number of nitrogens with one attached hydrogen (secondary N) is 1. The fraction of sp³-hybridized carbons (Fsp3) is 0.900. The zero-order valence-electron chi connectivity index (χ0n) is 8.34. The number of nitrogens with zero attached hydrogens (tertiary/aromatic N) is 1. The van der Waals surface area contributed by atoms with Gasteiger partial charge in [-0.3, -0.25) is 9.18 Å². The predicted octanol–water partition coefficient (Wildman–Crippen LogP) is 0.556. The molecule has 0 aromatic carbocycles. The highest BCUT2D eigenvalue weighted by Crippen LogP contribution is 2.19. The highest BCUT2D eigenvalue weighted by Gasteiger charge is 2.34. The van der Waals surface area contributed by atoms with Crippen LogP contribution < -0.4 is 5.32 Å². The lowest BCUT2D eigenvalue weighted by Gasteiger charge is -2.40. The van der Waals surface area contributed by atoms with Gasteiger partial charge in [0, 0.05) is 19.0 Å². The number of halogens is 1. The van der Waals surface area contributed by atoms with Crippen LogP contribution >= 0.6 is 0 Å². The second-order valence-electron chi connectivity index (χ2n) is 4.27. The van der Waals surface area contributed by atoms with Crippen molar-refractivity contribution >= 4 is 5.91 Å². The van der Waals surface area contributed by atoms with E-state index < -0.39 is 0 Å². The SMILES string of the molecule is O=C(C1CCCCN1)N1CC(CF)C1. The van der Waals surface area contributed by atoms with Gasteiger partial charge in [0.25, 0.3) is 0 Å². The fourth-order valence-electron chi connectivity index (χ4n) is 2.13. The Morgan fingerprint density at radius 3 is 2.79 bits per heavy atom. The van der Waals surface area contributed by atoms with E-state index in [2.05, 4.69) is 5.32 Å². The summed E-state index contributed by atoms with van der Waals surface area (Å²) in [5.41, 5.74) is 0. The van der Waals surface area contributed by atoms with Gasteiger partial charge in [0.05, 0.1) is 12.7 Å². The van der Waals surface area contributed by atoms with E-state index in [4.69, 9.17) is 0 Å². The molecule has 2 fully saturated rings. The van der Waals surface area contributed by atoms with Crippen LogP contribution in [0.1, 0.15) is 19.3 Å². The van der Waals surface area contributed by atoms with Crippen molar-refractivity contribution in [3.63, 3.8) is 0 Å². The lowest BCUT2D eigenvalue weighted by atomic mass is 9.97. The summed E-state index contributed by atoms with van der Waals surface area (Å²) in [6.07, 6.45) is 3.23. The third-order valence-corrected chi connectivity index (χ3v) is 3.10. The van der Waals surface area contributed by atoms with Gasteiger partial charge in [0.1, 0.15) is 0 Å². The summed E-state index contributed by atoms with van der Waals surface area (Å²) in [6, 6.07) is 0.00399. The Hall–Kier alpha value is -0.640. The van der Waals surface area contributed by atoms with Crippen molar-refractivity contribution in [2.45, 2.75) is 25.3 Å². The molecule has 1 amide bonds. The standard InChI is InChI=1S/C10H17FN2O/c11-5-8-6-13(7-8)10(14)9-3-1-2-4-12-9/h8-9,12H,1-7H2. The second kappa shape index (κ2) is 4.26. The number of likely N-dealkylation sites (tertiary alicyclic amines) is 1. The lowest BCUT2D eigenvalue weighted by Crippen LogP contribution is -2.57. The highest BCUT2D eigenvalue weighted by atomic mass is 19.1. The molecule has 1 unspecified atom stereocenters. The maximum atomic E-state index is 12.2. The highest BCUT2D eigenvalue weighted by molar-refractivity contribution is 5.82. The summed E-state index contributed by atoms with van der Waals surface area (Å²) in [4.78, 5) is 13.6. The predicted molar refractivity (Wildman–Crippen MR) is 51.7 cm³/mol. The van der Waals surface area contributed by atoms with Crippen LogP contribution in [0.4, 0.5) is 4.39 Å². The van der Waals surface area contributed by atoms with Crippen LogP contribution in [-0.2, 0) is 4.79 Å². The normalized spacial score (nSPS) is 28.6. The third-order valence-electron chi connectivity index (χ3n) is 3.10. The molecule has 0 bridgehead atoms. The first-order valence-electron chi connectivity index (χ1n) is 5.39. The van der Waals surface area contributed by atoms with Gasteiger partial charge in [-0.1, -0.05) is 6.42 Å². The Kier molecular flexibility index (Phi) is 3.01. The molecule has 1 N–H and O–H groups in total. The zero-order valence-corrected chi connectivity index (χ0v) is 8.34. The fourth-order valence-corrected chi connectivity index (χ4v) is 2.13. The van der Waals surface area contributed by atoms with E-state index >= 15 is 0 Å². The van der Waals surface area contributed by atoms with Crippen molar-refractivity contribution in [3.05, 3.63) is 0 Å². The molecule has 0 aromatic heterocycles. The number of carbonyl (C=O) groups is 1. The van der Waals surface area contributed by atoms with E-state index in [-0.39, 0.29) is 24.5 Å². The Labute approximate surface area is 83.6 Å². The van der Waals surface area contributed by atoms with Crippen LogP contribution in [0.5, 0.6) is 0 Å². The maximum absolute atomic E-state index is 12.2. The smallest absolute Gasteiger partial charge is 0.239 e. The molecule has 14 heavy (non-hydrogen) atoms. The van der Waals surface area contributed by atoms with Crippen molar-refractivity contribution < 1.29 is 9.18 Å². The largest absolute Gasteiger partial charge is 0.340 e. The van der Waals surface area contributed by atoms with Crippen molar-refractivity contribution in [1.29, 1.82) is 0 Å². The number of amides is 1. The number of rotatable bonds is 2. The molecule has 0 saturated carbocycles. The molecule has 2 aliphatic heterocycles. The van der Waals surface area contributed by atoms with E-state index in [9.17, 15) is 9.18 Å². The second-order valence-corrected chi connectivity index (χ2v) is 4.27. The molecule has 2 rings (SSSR count). The average Bonchev–Trinajstić information content (AvgIpc) is 2.17. The molecular formula is C10H17FN2O. The minimum Gasteiger partial charge on any atom is -0.340 e. The molecule has 2 aliphatic rings. The summed E-state index contributed by atoms with van der Waals surface area (Å²) in [7, 11) is 0. The summed E-state index contributed by atoms with van der Waals surface area (Å²) >= 11 is 0. The van der Waals surface area contributed by atoms with E-state index in [0.717, 1.165) is 25.8 Å². The van der Waals surface area contributed by atoms with Crippen molar-refractivity contribution in [1.82, 2.24) is 10.2 Å². The molecule has 3 nitrogen and oxygen atoms in total. The Bertz CT molecular complexity index is 210. The summed E-state index contributed by atoms with van der Waals surface area (Å²) < 4.78 is 12.2. The molecule has 2 heterocycles. The number of hydrogen-bond acceptors (Lipinski definition) is 2. The Balaban J connectivity index is 1.78. The lowest BCUT2D eigenvalue weighted by molar-refractivity contribution is -0.140. The maximum Gasteiger partial charge on any atom is 0.239 e. The van der Waals surface area contributed by atoms with Gasteiger partial charge in [-0.25, -0.2) is 0 Å². The minimum atomic E-state index is -0.290. The minimum absolute atomic E-state index is 0.00399. The molecule has 0 spiro atoms. The molecule has 80 valence electrons. The molecule has 1 atom stereocenters. The van der Waals surface area contributed by atoms with Gasteiger partial charge in [0.15, 0.2) is 0 Å². The van der Waals surface area contributed by atoms with Crippen LogP contribution in [0, 0.1) is 5.92 Å². The van der Waals surface area contributed by atoms with Crippen molar-refractivity contribution in [2.75, 3.05) is 26.3 Å². The van der Waals surface area contributed by atoms with Gasteiger partial charge in [-0.15, -0.1) is 0 Å². The van der Waals surface area contributed by atoms with Crippen LogP contribution in [0.15, 0.2) is 0 Å². The van der Waals surface area contributed by atoms with Gasteiger partial charge in [-0.2, -0.15) is 0 Å². The van der Waals surface area contributed by atoms with Crippen molar-refractivity contribution in [3.8, 4) is 0 Å². The quantitative estimate of drug-likeness (QED) is 0.706. The van der Waals surface area contributed by atoms with Crippen LogP contribution in [0.25, 0.3) is 0 Å². The zero-order chi connectivity index (χ0) is 9.97. The average molecular weight is 200 g/mol. The number of piperidine rings is 1. The summed E-state index contributed by atoms with van der Waals surface area (Å²) in [5, 5.41) is 3.22. The van der Waals surface area contributed by atoms with Gasteiger partial charge >= 0.3 is 0 Å². The van der Waals surface area contributed by atoms with Crippen LogP contribution in [0.2, 0.25) is 0 Å². The molecule has 0 radical (unpaired) electrons. The third kappa shape index (κ3) is 1.90. The van der Waals surface area contributed by atoms with E-state index in [1.54, 1.807) is 4.90 Å². The Morgan fingerprint density at radius 2 is 2.21 bits per heavy atom. The van der Waals surface area contributed by atoms with E-state index in [1.165, 1.54) is 0 Å². The summed E-state index contributed by atoms with van der Waals surface area (Å²) in [5.74, 6) is 0.275. The first-order chi connectivity index (χ1) is 6.81. The molecule has 2 saturated heterocycles. The molecule has 4 heteroatoms. The number of hydrogen-bond donors (Lipinski definition) is 1. The van der Waals surface area contributed by atoms with Gasteiger partial charge < -0.3 is 10.2 Å². The van der Waals surface area contributed by atoms with Gasteiger partial charge in [0.2, 0.25) is 5.91 Å². The summed E-state index contributed by atoms with van der Waals surface area (Å²) in [6.45, 7) is 1.89. The van der Waals surface area contributed by atoms with E-state index in [1.807, 2.05) is 0 Å². The van der Waals surface area contributed by atoms with Crippen LogP contribution in [-0.4, -0.2) is 43.2 Å². The number of alkyl halides is 1. The van der Waals surface area contributed by atoms with Gasteiger partial charge in [-0.05, 0) is 19.4 Å². The van der Waals surface area contributed by atoms with Crippen molar-refractivity contribution in [2.24, 2.45) is 5.92 Å². The number of carbonyl (C=O) groups excluding carboxylic acids is 1. The molecule has 0 aromatic rings. The van der Waals surface area contributed by atoms with Crippen LogP contribution in [0.3, 0.4) is 0 Å². The first-order valence-corrected chi connectivity index (χ1v) is 5.39. The monoisotopic (exact) mass is 200 g/mol. The molecule has 0 aliphatic carbocycles. The Morgan fingerprint density at radius 1 is 1.43 bits per heavy atom. The first kappa shape index (κ1) is 9.90.